The quantitative estimate of drug-likeness (QED) is 0.512. The monoisotopic (exact) mass is 460 g/mol. The minimum absolute atomic E-state index is 0.121. The largest absolute Gasteiger partial charge is 0.366 e. The topological polar surface area (TPSA) is 150 Å². The van der Waals surface area contributed by atoms with E-state index in [1.807, 2.05) is 15.9 Å². The van der Waals surface area contributed by atoms with Crippen molar-refractivity contribution in [2.24, 2.45) is 11.7 Å². The molecule has 5 rings (SSSR count). The van der Waals surface area contributed by atoms with Gasteiger partial charge in [-0.15, -0.1) is 5.10 Å². The molecule has 2 aliphatic rings. The van der Waals surface area contributed by atoms with Gasteiger partial charge in [-0.2, -0.15) is 5.26 Å². The van der Waals surface area contributed by atoms with Crippen molar-refractivity contribution >= 4 is 28.8 Å². The van der Waals surface area contributed by atoms with Gasteiger partial charge < -0.3 is 15.5 Å². The summed E-state index contributed by atoms with van der Waals surface area (Å²) in [4.78, 5) is 38.7. The lowest BCUT2D eigenvalue weighted by molar-refractivity contribution is -0.134. The van der Waals surface area contributed by atoms with Gasteiger partial charge in [-0.25, -0.2) is 14.6 Å². The number of benzene rings is 1. The van der Waals surface area contributed by atoms with Gasteiger partial charge in [0, 0.05) is 57.3 Å². The zero-order chi connectivity index (χ0) is 23.7. The molecule has 0 bridgehead atoms. The molecule has 0 aliphatic carbocycles. The molecule has 174 valence electrons. The maximum atomic E-state index is 12.8. The Morgan fingerprint density at radius 3 is 2.53 bits per heavy atom. The Kier molecular flexibility index (Phi) is 5.77. The zero-order valence-electron chi connectivity index (χ0n) is 18.5. The Morgan fingerprint density at radius 1 is 1.12 bits per heavy atom. The molecule has 12 nitrogen and oxygen atoms in total. The third-order valence-electron chi connectivity index (χ3n) is 6.30. The number of likely N-dealkylation sites (tertiary alicyclic amines) is 1. The molecule has 3 aromatic rings. The summed E-state index contributed by atoms with van der Waals surface area (Å²) in [7, 11) is 0. The molecule has 2 aromatic heterocycles. The fraction of sp³-hybridized carbons (Fsp3) is 0.409. The highest BCUT2D eigenvalue weighted by Crippen LogP contribution is 2.21. The van der Waals surface area contributed by atoms with Gasteiger partial charge in [-0.1, -0.05) is 5.21 Å². The predicted molar refractivity (Wildman–Crippen MR) is 122 cm³/mol. The molecule has 0 unspecified atom stereocenters. The second-order valence-corrected chi connectivity index (χ2v) is 8.65. The fourth-order valence-corrected chi connectivity index (χ4v) is 4.41. The molecule has 0 saturated carbocycles. The zero-order valence-corrected chi connectivity index (χ0v) is 18.5. The van der Waals surface area contributed by atoms with Crippen LogP contribution in [0.1, 0.15) is 15.9 Å². The summed E-state index contributed by atoms with van der Waals surface area (Å²) in [6, 6.07) is 7.13. The Labute approximate surface area is 195 Å². The van der Waals surface area contributed by atoms with E-state index in [1.165, 1.54) is 12.4 Å². The summed E-state index contributed by atoms with van der Waals surface area (Å²) in [6.07, 6.45) is 3.03. The molecule has 34 heavy (non-hydrogen) atoms. The summed E-state index contributed by atoms with van der Waals surface area (Å²) in [6.45, 7) is 5.24. The highest BCUT2D eigenvalue weighted by molar-refractivity contribution is 5.96. The van der Waals surface area contributed by atoms with Crippen molar-refractivity contribution in [3.05, 3.63) is 41.7 Å². The van der Waals surface area contributed by atoms with Crippen LogP contribution in [0.15, 0.2) is 30.6 Å². The number of amides is 2. The first-order valence-electron chi connectivity index (χ1n) is 11.1. The van der Waals surface area contributed by atoms with E-state index in [-0.39, 0.29) is 5.91 Å². The van der Waals surface area contributed by atoms with E-state index in [0.29, 0.717) is 62.3 Å². The van der Waals surface area contributed by atoms with Crippen LogP contribution in [0.4, 0.5) is 5.95 Å². The number of hydrogen-bond donors (Lipinski definition) is 1. The third-order valence-corrected chi connectivity index (χ3v) is 6.30. The van der Waals surface area contributed by atoms with Gasteiger partial charge in [0.2, 0.25) is 17.8 Å². The number of primary amides is 1. The van der Waals surface area contributed by atoms with Crippen molar-refractivity contribution in [2.75, 3.05) is 50.7 Å². The molecule has 0 radical (unpaired) electrons. The van der Waals surface area contributed by atoms with Crippen LogP contribution < -0.4 is 10.6 Å². The number of nitriles is 1. The highest BCUT2D eigenvalue weighted by atomic mass is 16.2. The molecule has 0 spiro atoms. The highest BCUT2D eigenvalue weighted by Gasteiger charge is 2.31. The van der Waals surface area contributed by atoms with E-state index in [9.17, 15) is 9.59 Å². The molecule has 12 heteroatoms. The van der Waals surface area contributed by atoms with Crippen LogP contribution in [0.3, 0.4) is 0 Å². The maximum absolute atomic E-state index is 12.8. The number of rotatable bonds is 6. The number of anilines is 1. The molecule has 4 heterocycles. The van der Waals surface area contributed by atoms with Crippen molar-refractivity contribution < 1.29 is 9.59 Å². The number of carbonyl (C=O) groups is 2. The van der Waals surface area contributed by atoms with Gasteiger partial charge in [0.05, 0.1) is 30.0 Å². The number of piperazine rings is 1. The molecule has 1 aromatic carbocycles. The van der Waals surface area contributed by atoms with Crippen LogP contribution >= 0.6 is 0 Å². The molecular formula is C22H24N10O2. The average Bonchev–Trinajstić information content (AvgIpc) is 3.24. The van der Waals surface area contributed by atoms with E-state index in [1.54, 1.807) is 22.9 Å². The number of nitrogens with zero attached hydrogens (tertiary/aromatic N) is 9. The van der Waals surface area contributed by atoms with Crippen LogP contribution in [-0.2, 0) is 11.3 Å². The summed E-state index contributed by atoms with van der Waals surface area (Å²) < 4.78 is 1.80. The second kappa shape index (κ2) is 9.03. The van der Waals surface area contributed by atoms with E-state index >= 15 is 0 Å². The molecule has 0 atom stereocenters. The van der Waals surface area contributed by atoms with Crippen molar-refractivity contribution in [3.8, 4) is 6.07 Å². The van der Waals surface area contributed by atoms with Gasteiger partial charge in [-0.05, 0) is 18.2 Å². The molecule has 2 amide bonds. The average molecular weight is 461 g/mol. The summed E-state index contributed by atoms with van der Waals surface area (Å²) in [5.74, 6) is 0.588. The van der Waals surface area contributed by atoms with E-state index in [2.05, 4.69) is 25.2 Å². The number of fused-ring (bicyclic) bond motifs is 1. The molecule has 2 aliphatic heterocycles. The summed E-state index contributed by atoms with van der Waals surface area (Å²) in [5.41, 5.74) is 7.76. The standard InChI is InChI=1S/C22H24N10O2/c23-8-15-9-25-22(26-10-15)31-5-3-30(4-6-31)20(33)14-29-11-16(12-29)13-32-19-7-17(21(24)34)1-2-18(19)27-28-32/h1-2,7,9-10,16H,3-6,11-14H2,(H2,24,34). The smallest absolute Gasteiger partial charge is 0.248 e. The summed E-state index contributed by atoms with van der Waals surface area (Å²) >= 11 is 0. The van der Waals surface area contributed by atoms with Crippen molar-refractivity contribution in [1.29, 1.82) is 5.26 Å². The normalized spacial score (nSPS) is 16.9. The number of aromatic nitrogens is 5. The number of nitrogens with two attached hydrogens (primary N) is 1. The van der Waals surface area contributed by atoms with Crippen LogP contribution in [0, 0.1) is 17.2 Å². The van der Waals surface area contributed by atoms with Gasteiger partial charge in [0.25, 0.3) is 0 Å². The molecule has 2 saturated heterocycles. The van der Waals surface area contributed by atoms with Crippen LogP contribution in [0.5, 0.6) is 0 Å². The minimum Gasteiger partial charge on any atom is -0.366 e. The summed E-state index contributed by atoms with van der Waals surface area (Å²) in [5, 5.41) is 17.2. The molecule has 2 N–H and O–H groups in total. The lowest BCUT2D eigenvalue weighted by Crippen LogP contribution is -2.55. The SMILES string of the molecule is N#Cc1cnc(N2CCN(C(=O)CN3CC(Cn4nnc5ccc(C(N)=O)cc54)C3)CC2)nc1. The fourth-order valence-electron chi connectivity index (χ4n) is 4.41. The van der Waals surface area contributed by atoms with Crippen molar-refractivity contribution in [3.63, 3.8) is 0 Å². The number of hydrogen-bond acceptors (Lipinski definition) is 9. The van der Waals surface area contributed by atoms with Gasteiger partial charge >= 0.3 is 0 Å². The maximum Gasteiger partial charge on any atom is 0.248 e. The van der Waals surface area contributed by atoms with Gasteiger partial charge in [0.15, 0.2) is 0 Å². The number of carbonyl (C=O) groups excluding carboxylic acids is 2. The third kappa shape index (κ3) is 4.38. The van der Waals surface area contributed by atoms with E-state index in [4.69, 9.17) is 11.0 Å². The van der Waals surface area contributed by atoms with Crippen molar-refractivity contribution in [1.82, 2.24) is 34.8 Å². The lowest BCUT2D eigenvalue weighted by atomic mass is 10.00. The first-order valence-corrected chi connectivity index (χ1v) is 11.1. The Balaban J connectivity index is 1.09. The molecule has 2 fully saturated rings. The van der Waals surface area contributed by atoms with E-state index < -0.39 is 5.91 Å². The van der Waals surface area contributed by atoms with Crippen LogP contribution in [0.25, 0.3) is 11.0 Å². The Morgan fingerprint density at radius 2 is 1.85 bits per heavy atom. The minimum atomic E-state index is -0.478. The van der Waals surface area contributed by atoms with Crippen LogP contribution in [0.2, 0.25) is 0 Å². The Hall–Kier alpha value is -4.11. The predicted octanol–water partition coefficient (Wildman–Crippen LogP) is -0.528. The first kappa shape index (κ1) is 21.7. The van der Waals surface area contributed by atoms with Gasteiger partial charge in [-0.3, -0.25) is 14.5 Å². The second-order valence-electron chi connectivity index (χ2n) is 8.65. The van der Waals surface area contributed by atoms with Gasteiger partial charge in [0.1, 0.15) is 11.6 Å². The lowest BCUT2D eigenvalue weighted by Gasteiger charge is -2.41. The van der Waals surface area contributed by atoms with Crippen molar-refractivity contribution in [2.45, 2.75) is 6.54 Å². The Bertz CT molecular complexity index is 1250. The van der Waals surface area contributed by atoms with E-state index in [0.717, 1.165) is 24.1 Å². The molecular weight excluding hydrogens is 436 g/mol. The first-order chi connectivity index (χ1) is 16.5. The van der Waals surface area contributed by atoms with Crippen LogP contribution in [-0.4, -0.2) is 92.4 Å².